The first-order valence-corrected chi connectivity index (χ1v) is 22.7. The molecule has 1 aliphatic carbocycles. The van der Waals surface area contributed by atoms with E-state index in [1.165, 1.54) is 43.7 Å². The molecular formula is C59H45N5O. The predicted octanol–water partition coefficient (Wildman–Crippen LogP) is 15.3. The number of fused-ring (bicyclic) bond motifs is 11. The van der Waals surface area contributed by atoms with Crippen LogP contribution in [0.3, 0.4) is 0 Å². The lowest BCUT2D eigenvalue weighted by molar-refractivity contribution is 0.332. The van der Waals surface area contributed by atoms with Crippen molar-refractivity contribution in [1.29, 1.82) is 0 Å². The molecule has 0 unspecified atom stereocenters. The minimum Gasteiger partial charge on any atom is -0.455 e. The first-order valence-electron chi connectivity index (χ1n) is 22.7. The first kappa shape index (κ1) is 37.7. The fourth-order valence-electron chi connectivity index (χ4n) is 10.8. The van der Waals surface area contributed by atoms with Crippen LogP contribution in [-0.4, -0.2) is 24.1 Å². The number of furan rings is 1. The maximum absolute atomic E-state index is 6.52. The highest BCUT2D eigenvalue weighted by Gasteiger charge is 2.38. The van der Waals surface area contributed by atoms with Gasteiger partial charge in [-0.25, -0.2) is 4.98 Å². The van der Waals surface area contributed by atoms with Crippen molar-refractivity contribution in [2.24, 2.45) is 0 Å². The van der Waals surface area contributed by atoms with E-state index in [2.05, 4.69) is 182 Å². The lowest BCUT2D eigenvalue weighted by atomic mass is 9.63. The van der Waals surface area contributed by atoms with Gasteiger partial charge in [0.05, 0.1) is 22.1 Å². The number of nitrogens with zero attached hydrogens (tertiary/aromatic N) is 5. The summed E-state index contributed by atoms with van der Waals surface area (Å²) in [6.07, 6.45) is 2.24. The number of aromatic nitrogens is 5. The monoisotopic (exact) mass is 839 g/mol. The molecule has 0 spiro atoms. The van der Waals surface area contributed by atoms with Crippen LogP contribution in [-0.2, 0) is 10.8 Å². The van der Waals surface area contributed by atoms with E-state index < -0.39 is 0 Å². The Balaban J connectivity index is 1.12. The maximum Gasteiger partial charge on any atom is 0.238 e. The summed E-state index contributed by atoms with van der Waals surface area (Å²) in [4.78, 5) is 16.2. The third kappa shape index (κ3) is 5.69. The number of hydrogen-bond donors (Lipinski definition) is 0. The van der Waals surface area contributed by atoms with Crippen molar-refractivity contribution < 1.29 is 4.42 Å². The molecule has 0 aliphatic heterocycles. The Bertz CT molecular complexity index is 3890. The molecule has 6 nitrogen and oxygen atoms in total. The van der Waals surface area contributed by atoms with E-state index in [1.54, 1.807) is 0 Å². The van der Waals surface area contributed by atoms with Crippen molar-refractivity contribution in [2.75, 3.05) is 0 Å². The van der Waals surface area contributed by atoms with Gasteiger partial charge in [-0.1, -0.05) is 149 Å². The molecule has 13 rings (SSSR count). The minimum atomic E-state index is -0.0123. The van der Waals surface area contributed by atoms with E-state index in [1.807, 2.05) is 30.3 Å². The summed E-state index contributed by atoms with van der Waals surface area (Å²) in [5, 5.41) is 7.05. The van der Waals surface area contributed by atoms with Gasteiger partial charge >= 0.3 is 0 Å². The lowest BCUT2D eigenvalue weighted by Gasteiger charge is -2.42. The zero-order valence-electron chi connectivity index (χ0n) is 36.8. The highest BCUT2D eigenvalue weighted by molar-refractivity contribution is 6.29. The molecule has 312 valence electrons. The highest BCUT2D eigenvalue weighted by Crippen LogP contribution is 2.50. The molecule has 0 N–H and O–H groups in total. The fraction of sp³-hybridized carbons (Fsp3) is 0.136. The second-order valence-corrected chi connectivity index (χ2v) is 19.1. The molecule has 0 fully saturated rings. The average molecular weight is 840 g/mol. The van der Waals surface area contributed by atoms with E-state index in [4.69, 9.17) is 19.4 Å². The van der Waals surface area contributed by atoms with Crippen molar-refractivity contribution in [3.05, 3.63) is 187 Å². The van der Waals surface area contributed by atoms with Crippen LogP contribution in [0.15, 0.2) is 180 Å². The number of rotatable bonds is 5. The molecule has 65 heavy (non-hydrogen) atoms. The summed E-state index contributed by atoms with van der Waals surface area (Å²) in [5.41, 5.74) is 14.0. The average Bonchev–Trinajstić information content (AvgIpc) is 4.01. The Labute approximate surface area is 376 Å². The van der Waals surface area contributed by atoms with Crippen LogP contribution in [0.5, 0.6) is 0 Å². The normalized spacial score (nSPS) is 14.6. The molecular weight excluding hydrogens is 795 g/mol. The van der Waals surface area contributed by atoms with Crippen molar-refractivity contribution >= 4 is 65.6 Å². The zero-order chi connectivity index (χ0) is 43.6. The topological polar surface area (TPSA) is 61.7 Å². The second-order valence-electron chi connectivity index (χ2n) is 19.1. The van der Waals surface area contributed by atoms with Crippen LogP contribution >= 0.6 is 0 Å². The smallest absolute Gasteiger partial charge is 0.238 e. The summed E-state index contributed by atoms with van der Waals surface area (Å²) in [6, 6.07) is 62.5. The standard InChI is InChI=1S/C59H45N5O/c1-58(2)31-32-59(3,4)46-35-50-44(34-45(46)58)53-49(30-29-48-52(53)43-24-11-13-27-47(43)63(48)39-21-9-6-10-22-39)64(50)57-61-55(36-17-7-5-8-18-36)60-56(62-57)38-20-15-19-37(33-38)40-25-16-26-42-41-23-12-14-28-51(41)65-54(40)42/h5-30,33-35H,31-32H2,1-4H3. The molecule has 6 heteroatoms. The second kappa shape index (κ2) is 13.8. The van der Waals surface area contributed by atoms with Crippen LogP contribution < -0.4 is 0 Å². The molecule has 12 aromatic rings. The van der Waals surface area contributed by atoms with Gasteiger partial charge in [-0.15, -0.1) is 0 Å². The van der Waals surface area contributed by atoms with Gasteiger partial charge in [0, 0.05) is 54.7 Å². The Morgan fingerprint density at radius 2 is 1.02 bits per heavy atom. The quantitative estimate of drug-likeness (QED) is 0.173. The van der Waals surface area contributed by atoms with Crippen molar-refractivity contribution in [2.45, 2.75) is 51.4 Å². The van der Waals surface area contributed by atoms with Crippen LogP contribution in [0, 0.1) is 0 Å². The van der Waals surface area contributed by atoms with E-state index >= 15 is 0 Å². The fourth-order valence-corrected chi connectivity index (χ4v) is 10.8. The third-order valence-electron chi connectivity index (χ3n) is 14.2. The maximum atomic E-state index is 6.52. The third-order valence-corrected chi connectivity index (χ3v) is 14.2. The van der Waals surface area contributed by atoms with Crippen LogP contribution in [0.1, 0.15) is 51.7 Å². The predicted molar refractivity (Wildman–Crippen MR) is 267 cm³/mol. The molecule has 0 atom stereocenters. The number of benzene rings is 8. The summed E-state index contributed by atoms with van der Waals surface area (Å²) < 4.78 is 11.2. The van der Waals surface area contributed by atoms with Gasteiger partial charge in [0.1, 0.15) is 11.2 Å². The Kier molecular flexibility index (Phi) is 8.02. The van der Waals surface area contributed by atoms with Gasteiger partial charge in [0.15, 0.2) is 11.6 Å². The molecule has 0 amide bonds. The first-order chi connectivity index (χ1) is 31.7. The van der Waals surface area contributed by atoms with Gasteiger partial charge in [0.25, 0.3) is 0 Å². The van der Waals surface area contributed by atoms with E-state index in [0.717, 1.165) is 73.8 Å². The van der Waals surface area contributed by atoms with E-state index in [9.17, 15) is 0 Å². The van der Waals surface area contributed by atoms with Crippen molar-refractivity contribution in [3.63, 3.8) is 0 Å². The molecule has 4 aromatic heterocycles. The van der Waals surface area contributed by atoms with Gasteiger partial charge in [0.2, 0.25) is 5.95 Å². The SMILES string of the molecule is CC1(C)CCC(C)(C)c2cc3c(cc21)c1c2c4ccccc4n(-c4ccccc4)c2ccc1n3-c1nc(-c2ccccc2)nc(-c2cccc(-c3cccc4c3oc3ccccc34)c2)n1. The molecule has 0 saturated carbocycles. The van der Waals surface area contributed by atoms with E-state index in [0.29, 0.717) is 17.6 Å². The Morgan fingerprint density at radius 3 is 1.80 bits per heavy atom. The van der Waals surface area contributed by atoms with Crippen molar-refractivity contribution in [1.82, 2.24) is 24.1 Å². The summed E-state index contributed by atoms with van der Waals surface area (Å²) >= 11 is 0. The van der Waals surface area contributed by atoms with E-state index in [-0.39, 0.29) is 10.8 Å². The molecule has 4 heterocycles. The highest BCUT2D eigenvalue weighted by atomic mass is 16.3. The molecule has 0 radical (unpaired) electrons. The molecule has 0 bridgehead atoms. The molecule has 1 aliphatic rings. The van der Waals surface area contributed by atoms with Crippen LogP contribution in [0.4, 0.5) is 0 Å². The Morgan fingerprint density at radius 1 is 0.431 bits per heavy atom. The number of hydrogen-bond acceptors (Lipinski definition) is 4. The summed E-state index contributed by atoms with van der Waals surface area (Å²) in [5.74, 6) is 1.80. The van der Waals surface area contributed by atoms with Gasteiger partial charge in [-0.05, 0) is 95.0 Å². The Hall–Kier alpha value is -7.83. The largest absolute Gasteiger partial charge is 0.455 e. The van der Waals surface area contributed by atoms with Crippen molar-refractivity contribution in [3.8, 4) is 45.5 Å². The van der Waals surface area contributed by atoms with Gasteiger partial charge in [-0.3, -0.25) is 4.57 Å². The zero-order valence-corrected chi connectivity index (χ0v) is 36.8. The molecule has 8 aromatic carbocycles. The lowest BCUT2D eigenvalue weighted by Crippen LogP contribution is -2.33. The van der Waals surface area contributed by atoms with Gasteiger partial charge < -0.3 is 8.98 Å². The van der Waals surface area contributed by atoms with Crippen LogP contribution in [0.2, 0.25) is 0 Å². The summed E-state index contributed by atoms with van der Waals surface area (Å²) in [6.45, 7) is 9.63. The van der Waals surface area contributed by atoms with Gasteiger partial charge in [-0.2, -0.15) is 9.97 Å². The molecule has 0 saturated heterocycles. The number of para-hydroxylation sites is 4. The minimum absolute atomic E-state index is 0.0118. The summed E-state index contributed by atoms with van der Waals surface area (Å²) in [7, 11) is 0. The van der Waals surface area contributed by atoms with Crippen LogP contribution in [0.25, 0.3) is 111 Å².